The highest BCUT2D eigenvalue weighted by molar-refractivity contribution is 5.82. The molecule has 1 rings (SSSR count). The number of hydrogen-bond donors (Lipinski definition) is 1. The van der Waals surface area contributed by atoms with Crippen molar-refractivity contribution in [1.82, 2.24) is 4.90 Å². The second-order valence-electron chi connectivity index (χ2n) is 5.01. The summed E-state index contributed by atoms with van der Waals surface area (Å²) in [5.41, 5.74) is 6.10. The fourth-order valence-corrected chi connectivity index (χ4v) is 2.36. The molecule has 0 aliphatic carbocycles. The number of nitrogens with two attached hydrogens (primary N) is 1. The molecule has 1 atom stereocenters. The molecule has 0 heterocycles. The van der Waals surface area contributed by atoms with Crippen molar-refractivity contribution in [2.75, 3.05) is 26.7 Å². The lowest BCUT2D eigenvalue weighted by Crippen LogP contribution is -2.48. The normalized spacial score (nSPS) is 14.1. The van der Waals surface area contributed by atoms with Crippen molar-refractivity contribution in [1.29, 1.82) is 0 Å². The van der Waals surface area contributed by atoms with Crippen LogP contribution in [0.25, 0.3) is 0 Å². The number of methoxy groups -OCH3 is 1. The van der Waals surface area contributed by atoms with Gasteiger partial charge in [-0.05, 0) is 31.5 Å². The lowest BCUT2D eigenvalue weighted by Gasteiger charge is -2.30. The van der Waals surface area contributed by atoms with Crippen LogP contribution in [0.3, 0.4) is 0 Å². The topological polar surface area (TPSA) is 55.6 Å². The van der Waals surface area contributed by atoms with E-state index in [1.807, 2.05) is 30.3 Å². The Balaban J connectivity index is 2.87. The van der Waals surface area contributed by atoms with Gasteiger partial charge >= 0.3 is 5.97 Å². The minimum Gasteiger partial charge on any atom is -0.467 e. The Hall–Kier alpha value is -1.39. The third kappa shape index (κ3) is 4.05. The van der Waals surface area contributed by atoms with Crippen LogP contribution in [-0.2, 0) is 15.1 Å². The number of rotatable bonds is 8. The van der Waals surface area contributed by atoms with Gasteiger partial charge in [-0.1, -0.05) is 44.2 Å². The monoisotopic (exact) mass is 278 g/mol. The van der Waals surface area contributed by atoms with Gasteiger partial charge in [0.15, 0.2) is 0 Å². The highest BCUT2D eigenvalue weighted by Crippen LogP contribution is 2.24. The third-order valence-electron chi connectivity index (χ3n) is 3.65. The van der Waals surface area contributed by atoms with Gasteiger partial charge in [-0.15, -0.1) is 0 Å². The molecule has 0 amide bonds. The Labute approximate surface area is 121 Å². The standard InChI is InChI=1S/C16H26N2O2/c1-4-12-18(5-2)13-11-16(17,15(19)20-3)14-9-7-6-8-10-14/h6-10H,4-5,11-13,17H2,1-3H3. The summed E-state index contributed by atoms with van der Waals surface area (Å²) in [5.74, 6) is -0.378. The van der Waals surface area contributed by atoms with E-state index in [9.17, 15) is 4.79 Å². The fraction of sp³-hybridized carbons (Fsp3) is 0.562. The average molecular weight is 278 g/mol. The van der Waals surface area contributed by atoms with Crippen LogP contribution in [0.5, 0.6) is 0 Å². The van der Waals surface area contributed by atoms with Crippen molar-refractivity contribution in [2.24, 2.45) is 5.73 Å². The molecule has 0 radical (unpaired) electrons. The van der Waals surface area contributed by atoms with Crippen molar-refractivity contribution >= 4 is 5.97 Å². The van der Waals surface area contributed by atoms with E-state index in [1.54, 1.807) is 0 Å². The second-order valence-corrected chi connectivity index (χ2v) is 5.01. The van der Waals surface area contributed by atoms with E-state index in [1.165, 1.54) is 7.11 Å². The molecule has 0 aliphatic heterocycles. The lowest BCUT2D eigenvalue weighted by molar-refractivity contribution is -0.148. The maximum absolute atomic E-state index is 12.1. The van der Waals surface area contributed by atoms with Gasteiger partial charge in [0.2, 0.25) is 0 Å². The molecule has 1 unspecified atom stereocenters. The van der Waals surface area contributed by atoms with E-state index in [0.717, 1.165) is 31.6 Å². The van der Waals surface area contributed by atoms with Gasteiger partial charge < -0.3 is 15.4 Å². The molecule has 0 fully saturated rings. The molecule has 4 heteroatoms. The smallest absolute Gasteiger partial charge is 0.330 e. The highest BCUT2D eigenvalue weighted by Gasteiger charge is 2.37. The van der Waals surface area contributed by atoms with Gasteiger partial charge in [-0.3, -0.25) is 0 Å². The summed E-state index contributed by atoms with van der Waals surface area (Å²) in [7, 11) is 1.39. The van der Waals surface area contributed by atoms with Crippen LogP contribution in [0.1, 0.15) is 32.3 Å². The number of ether oxygens (including phenoxy) is 1. The van der Waals surface area contributed by atoms with E-state index < -0.39 is 5.54 Å². The molecular formula is C16H26N2O2. The van der Waals surface area contributed by atoms with E-state index in [0.29, 0.717) is 6.42 Å². The third-order valence-corrected chi connectivity index (χ3v) is 3.65. The Bertz CT molecular complexity index is 408. The molecule has 0 saturated carbocycles. The summed E-state index contributed by atoms with van der Waals surface area (Å²) in [6, 6.07) is 9.46. The Morgan fingerprint density at radius 1 is 1.25 bits per heavy atom. The number of benzene rings is 1. The molecule has 0 aromatic heterocycles. The van der Waals surface area contributed by atoms with Crippen LogP contribution in [0, 0.1) is 0 Å². The molecule has 0 spiro atoms. The van der Waals surface area contributed by atoms with Crippen molar-refractivity contribution in [2.45, 2.75) is 32.2 Å². The van der Waals surface area contributed by atoms with Crippen molar-refractivity contribution in [3.8, 4) is 0 Å². The summed E-state index contributed by atoms with van der Waals surface area (Å²) in [5, 5.41) is 0. The number of carbonyl (C=O) groups is 1. The van der Waals surface area contributed by atoms with Gasteiger partial charge in [-0.2, -0.15) is 0 Å². The van der Waals surface area contributed by atoms with E-state index in [-0.39, 0.29) is 5.97 Å². The van der Waals surface area contributed by atoms with Crippen molar-refractivity contribution < 1.29 is 9.53 Å². The summed E-state index contributed by atoms with van der Waals surface area (Å²) in [6.07, 6.45) is 1.65. The van der Waals surface area contributed by atoms with Crippen LogP contribution in [0.2, 0.25) is 0 Å². The maximum Gasteiger partial charge on any atom is 0.330 e. The Morgan fingerprint density at radius 3 is 2.40 bits per heavy atom. The number of nitrogens with zero attached hydrogens (tertiary/aromatic N) is 1. The zero-order valence-electron chi connectivity index (χ0n) is 12.8. The SMILES string of the molecule is CCCN(CC)CCC(N)(C(=O)OC)c1ccccc1. The van der Waals surface area contributed by atoms with Gasteiger partial charge in [-0.25, -0.2) is 4.79 Å². The molecule has 1 aromatic carbocycles. The minimum atomic E-state index is -1.07. The van der Waals surface area contributed by atoms with E-state index in [2.05, 4.69) is 18.7 Å². The zero-order chi connectivity index (χ0) is 15.0. The van der Waals surface area contributed by atoms with Gasteiger partial charge in [0.25, 0.3) is 0 Å². The number of hydrogen-bond acceptors (Lipinski definition) is 4. The quantitative estimate of drug-likeness (QED) is 0.740. The maximum atomic E-state index is 12.1. The lowest BCUT2D eigenvalue weighted by atomic mass is 9.87. The van der Waals surface area contributed by atoms with Crippen LogP contribution in [-0.4, -0.2) is 37.6 Å². The first kappa shape index (κ1) is 16.7. The fourth-order valence-electron chi connectivity index (χ4n) is 2.36. The molecule has 112 valence electrons. The Kier molecular flexibility index (Phi) is 6.68. The van der Waals surface area contributed by atoms with Gasteiger partial charge in [0.05, 0.1) is 7.11 Å². The average Bonchev–Trinajstić information content (AvgIpc) is 2.51. The van der Waals surface area contributed by atoms with Gasteiger partial charge in [0.1, 0.15) is 5.54 Å². The largest absolute Gasteiger partial charge is 0.467 e. The first-order chi connectivity index (χ1) is 9.58. The van der Waals surface area contributed by atoms with E-state index in [4.69, 9.17) is 10.5 Å². The minimum absolute atomic E-state index is 0.378. The predicted octanol–water partition coefficient (Wildman–Crippen LogP) is 2.14. The number of carbonyl (C=O) groups excluding carboxylic acids is 1. The number of esters is 1. The molecule has 2 N–H and O–H groups in total. The van der Waals surface area contributed by atoms with Crippen LogP contribution in [0.4, 0.5) is 0 Å². The molecule has 4 nitrogen and oxygen atoms in total. The summed E-state index contributed by atoms with van der Waals surface area (Å²) in [6.45, 7) is 7.03. The Morgan fingerprint density at radius 2 is 1.90 bits per heavy atom. The second kappa shape index (κ2) is 8.02. The van der Waals surface area contributed by atoms with Crippen LogP contribution < -0.4 is 5.73 Å². The zero-order valence-corrected chi connectivity index (χ0v) is 12.8. The van der Waals surface area contributed by atoms with Crippen LogP contribution in [0.15, 0.2) is 30.3 Å². The van der Waals surface area contributed by atoms with Crippen molar-refractivity contribution in [3.05, 3.63) is 35.9 Å². The molecule has 0 bridgehead atoms. The summed E-state index contributed by atoms with van der Waals surface area (Å²) >= 11 is 0. The molecular weight excluding hydrogens is 252 g/mol. The van der Waals surface area contributed by atoms with E-state index >= 15 is 0 Å². The first-order valence-corrected chi connectivity index (χ1v) is 7.23. The molecule has 0 saturated heterocycles. The first-order valence-electron chi connectivity index (χ1n) is 7.23. The molecule has 1 aromatic rings. The molecule has 0 aliphatic rings. The van der Waals surface area contributed by atoms with Crippen LogP contribution >= 0.6 is 0 Å². The van der Waals surface area contributed by atoms with Gasteiger partial charge in [0, 0.05) is 6.54 Å². The summed E-state index contributed by atoms with van der Waals surface area (Å²) in [4.78, 5) is 14.4. The summed E-state index contributed by atoms with van der Waals surface area (Å²) < 4.78 is 4.91. The predicted molar refractivity (Wildman–Crippen MR) is 81.3 cm³/mol. The highest BCUT2D eigenvalue weighted by atomic mass is 16.5. The molecule has 20 heavy (non-hydrogen) atoms. The van der Waals surface area contributed by atoms with Crippen molar-refractivity contribution in [3.63, 3.8) is 0 Å².